The predicted octanol–water partition coefficient (Wildman–Crippen LogP) is 5.85. The Morgan fingerprint density at radius 2 is 1.64 bits per heavy atom. The number of piperazine rings is 1. The number of fused-ring (bicyclic) bond motifs is 3. The highest BCUT2D eigenvalue weighted by Crippen LogP contribution is 2.50. The van der Waals surface area contributed by atoms with E-state index in [1.54, 1.807) is 6.07 Å². The van der Waals surface area contributed by atoms with Crippen LogP contribution in [-0.2, 0) is 19.9 Å². The molecule has 2 bridgehead atoms. The molecule has 2 unspecified atom stereocenters. The zero-order valence-corrected chi connectivity index (χ0v) is 31.5. The zero-order valence-electron chi connectivity index (χ0n) is 29.1. The number of sulfonamides is 1. The Hall–Kier alpha value is -4.21. The average molecular weight is 842 g/mol. The molecule has 0 spiro atoms. The molecule has 4 aromatic rings. The molecule has 0 amide bonds. The highest BCUT2D eigenvalue weighted by atomic mass is 32.2. The molecule has 9 rings (SSSR count). The number of hydrogen-bond donors (Lipinski definition) is 2. The smallest absolute Gasteiger partial charge is 0.387 e. The molecule has 5 fully saturated rings. The van der Waals surface area contributed by atoms with Crippen molar-refractivity contribution in [1.29, 1.82) is 0 Å². The normalized spacial score (nSPS) is 26.6. The Bertz CT molecular complexity index is 2400. The number of sulfone groups is 1. The van der Waals surface area contributed by atoms with Crippen molar-refractivity contribution in [2.75, 3.05) is 39.5 Å². The maximum absolute atomic E-state index is 16.6. The van der Waals surface area contributed by atoms with E-state index in [1.165, 1.54) is 29.7 Å². The lowest BCUT2D eigenvalue weighted by molar-refractivity contribution is -0.127. The molecular weight excluding hydrogens is 809 g/mol. The molecular formula is C35H33F6N7O5S3. The van der Waals surface area contributed by atoms with Gasteiger partial charge < -0.3 is 15.0 Å². The number of halogens is 6. The lowest BCUT2D eigenvalue weighted by atomic mass is 9.86. The topological polar surface area (TPSA) is 147 Å². The van der Waals surface area contributed by atoms with Crippen molar-refractivity contribution >= 4 is 48.0 Å². The van der Waals surface area contributed by atoms with Crippen molar-refractivity contribution in [3.05, 3.63) is 60.3 Å². The van der Waals surface area contributed by atoms with E-state index in [0.717, 1.165) is 37.1 Å². The number of aromatic nitrogens is 3. The number of alkyl halides is 4. The van der Waals surface area contributed by atoms with Gasteiger partial charge in [-0.1, -0.05) is 23.5 Å². The van der Waals surface area contributed by atoms with Crippen LogP contribution >= 0.6 is 11.3 Å². The second-order valence-electron chi connectivity index (χ2n) is 14.9. The minimum absolute atomic E-state index is 0.0545. The zero-order chi connectivity index (χ0) is 39.3. The first kappa shape index (κ1) is 37.4. The van der Waals surface area contributed by atoms with Crippen LogP contribution in [0.15, 0.2) is 53.6 Å². The van der Waals surface area contributed by atoms with Gasteiger partial charge in [0, 0.05) is 61.9 Å². The van der Waals surface area contributed by atoms with Crippen molar-refractivity contribution in [3.63, 3.8) is 0 Å². The van der Waals surface area contributed by atoms with Crippen LogP contribution in [0, 0.1) is 23.5 Å². The summed E-state index contributed by atoms with van der Waals surface area (Å²) in [7, 11) is -8.12. The van der Waals surface area contributed by atoms with Gasteiger partial charge in [0.15, 0.2) is 25.7 Å². The summed E-state index contributed by atoms with van der Waals surface area (Å²) in [6.45, 7) is -2.38. The van der Waals surface area contributed by atoms with Crippen molar-refractivity contribution < 1.29 is 47.9 Å². The van der Waals surface area contributed by atoms with Gasteiger partial charge in [-0.25, -0.2) is 49.3 Å². The highest BCUT2D eigenvalue weighted by molar-refractivity contribution is 7.93. The highest BCUT2D eigenvalue weighted by Gasteiger charge is 2.59. The predicted molar refractivity (Wildman–Crippen MR) is 194 cm³/mol. The molecule has 2 aliphatic carbocycles. The Morgan fingerprint density at radius 3 is 2.32 bits per heavy atom. The summed E-state index contributed by atoms with van der Waals surface area (Å²) < 4.78 is 142. The first-order valence-electron chi connectivity index (χ1n) is 17.8. The van der Waals surface area contributed by atoms with E-state index in [0.29, 0.717) is 28.8 Å². The van der Waals surface area contributed by atoms with E-state index in [1.807, 2.05) is 4.72 Å². The summed E-state index contributed by atoms with van der Waals surface area (Å²) in [5, 5.41) is 3.74. The summed E-state index contributed by atoms with van der Waals surface area (Å²) >= 11 is 1.22. The van der Waals surface area contributed by atoms with E-state index in [-0.39, 0.29) is 77.6 Å². The van der Waals surface area contributed by atoms with Gasteiger partial charge in [-0.3, -0.25) is 9.62 Å². The summed E-state index contributed by atoms with van der Waals surface area (Å²) in [6.07, 6.45) is 2.70. The third-order valence-corrected chi connectivity index (χ3v) is 15.6. The van der Waals surface area contributed by atoms with Crippen LogP contribution in [0.3, 0.4) is 0 Å². The summed E-state index contributed by atoms with van der Waals surface area (Å²) in [5.74, 6) is -5.86. The number of anilines is 3. The van der Waals surface area contributed by atoms with Gasteiger partial charge in [0.1, 0.15) is 11.6 Å². The second-order valence-corrected chi connectivity index (χ2v) is 19.6. The quantitative estimate of drug-likeness (QED) is 0.175. The van der Waals surface area contributed by atoms with E-state index >= 15 is 4.39 Å². The number of ether oxygens (including phenoxy) is 1. The maximum Gasteiger partial charge on any atom is 0.387 e. The Morgan fingerprint density at radius 1 is 0.946 bits per heavy atom. The monoisotopic (exact) mass is 841 g/mol. The van der Waals surface area contributed by atoms with E-state index in [9.17, 15) is 38.8 Å². The number of rotatable bonds is 11. The molecule has 298 valence electrons. The van der Waals surface area contributed by atoms with Gasteiger partial charge in [-0.2, -0.15) is 8.78 Å². The summed E-state index contributed by atoms with van der Waals surface area (Å²) in [6, 6.07) is 7.51. The van der Waals surface area contributed by atoms with E-state index < -0.39 is 60.4 Å². The van der Waals surface area contributed by atoms with Crippen molar-refractivity contribution in [1.82, 2.24) is 19.9 Å². The molecule has 12 nitrogen and oxygen atoms in total. The van der Waals surface area contributed by atoms with Gasteiger partial charge >= 0.3 is 6.61 Å². The van der Waals surface area contributed by atoms with Crippen LogP contribution in [0.5, 0.6) is 5.75 Å². The lowest BCUT2D eigenvalue weighted by Crippen LogP contribution is -2.61. The third kappa shape index (κ3) is 6.82. The van der Waals surface area contributed by atoms with Crippen LogP contribution in [0.4, 0.5) is 43.1 Å². The molecule has 3 saturated heterocycles. The lowest BCUT2D eigenvalue weighted by Gasteiger charge is -2.49. The second kappa shape index (κ2) is 13.4. The molecule has 0 radical (unpaired) electrons. The average Bonchev–Trinajstić information content (AvgIpc) is 3.40. The standard InChI is InChI=1S/C35H33F6N7O5S3/c36-23-4-2-6-26(53-32(38)39)31(23)56(51,52)46-24-5-1-3-20(27(24)37)29-30(25-9-10-42-33(43-25)44-28-21-15-55(49,50)16-22(21)28)54-34(45-29)48-17-7-8-18(48)14-47(13-17)19-11-35(40,41)12-19/h1-6,9-10,17-19,21-22,28,32,46H,7-8,11-16H2,(H,42,43,44)/t17?,18?,21-,22+,28+. The van der Waals surface area contributed by atoms with Crippen molar-refractivity contribution in [2.45, 2.75) is 67.3 Å². The molecule has 3 aliphatic heterocycles. The van der Waals surface area contributed by atoms with Crippen LogP contribution in [-0.4, -0.2) is 98.0 Å². The SMILES string of the molecule is O=S1(=O)C[C@@H]2[C@H](C1)[C@H]2Nc1nccc(-c2sc(N3C4CCC3CN(C3CC(F)(F)C3)C4)nc2-c2cccc(NS(=O)(=O)c3c(F)cccc3OC(F)F)c2F)n1. The van der Waals surface area contributed by atoms with Crippen molar-refractivity contribution in [2.24, 2.45) is 11.8 Å². The first-order chi connectivity index (χ1) is 26.6. The Balaban J connectivity index is 1.07. The minimum atomic E-state index is -5.03. The fourth-order valence-corrected chi connectivity index (χ4v) is 13.3. The first-order valence-corrected chi connectivity index (χ1v) is 21.9. The fourth-order valence-electron chi connectivity index (χ4n) is 8.61. The minimum Gasteiger partial charge on any atom is -0.433 e. The van der Waals surface area contributed by atoms with Crippen molar-refractivity contribution in [3.8, 4) is 27.6 Å². The molecule has 2 aromatic carbocycles. The van der Waals surface area contributed by atoms with E-state index in [2.05, 4.69) is 24.8 Å². The molecule has 5 heterocycles. The number of nitrogens with one attached hydrogen (secondary N) is 2. The molecule has 56 heavy (non-hydrogen) atoms. The van der Waals surface area contributed by atoms with Crippen LogP contribution < -0.4 is 19.7 Å². The van der Waals surface area contributed by atoms with Gasteiger partial charge in [-0.15, -0.1) is 0 Å². The third-order valence-electron chi connectivity index (χ3n) is 11.3. The van der Waals surface area contributed by atoms with Gasteiger partial charge in [0.05, 0.1) is 33.5 Å². The molecule has 5 atom stereocenters. The number of benzene rings is 2. The van der Waals surface area contributed by atoms with Crippen LogP contribution in [0.2, 0.25) is 0 Å². The Kier molecular flexibility index (Phi) is 8.97. The summed E-state index contributed by atoms with van der Waals surface area (Å²) in [4.78, 5) is 17.3. The molecule has 2 aromatic heterocycles. The Labute approximate surface area is 321 Å². The van der Waals surface area contributed by atoms with Gasteiger partial charge in [0.2, 0.25) is 5.95 Å². The maximum atomic E-state index is 16.6. The number of likely N-dealkylation sites (tertiary alicyclic amines) is 1. The van der Waals surface area contributed by atoms with Gasteiger partial charge in [-0.05, 0) is 55.0 Å². The number of thiazole rings is 1. The largest absolute Gasteiger partial charge is 0.433 e. The molecule has 5 aliphatic rings. The van der Waals surface area contributed by atoms with E-state index in [4.69, 9.17) is 9.97 Å². The molecule has 21 heteroatoms. The van der Waals surface area contributed by atoms with Gasteiger partial charge in [0.25, 0.3) is 15.9 Å². The number of nitrogens with zero attached hydrogens (tertiary/aromatic N) is 5. The summed E-state index contributed by atoms with van der Waals surface area (Å²) in [5.41, 5.74) is -0.345. The fraction of sp³-hybridized carbons (Fsp3) is 0.457. The molecule has 2 saturated carbocycles. The van der Waals surface area contributed by atoms with Crippen LogP contribution in [0.1, 0.15) is 25.7 Å². The van der Waals surface area contributed by atoms with Crippen LogP contribution in [0.25, 0.3) is 21.8 Å². The molecule has 2 N–H and O–H groups in total. The number of hydrogen-bond acceptors (Lipinski definition) is 12.